The number of aromatic nitrogens is 2. The highest BCUT2D eigenvalue weighted by Gasteiger charge is 2.20. The molecule has 0 aliphatic heterocycles. The maximum atomic E-state index is 14.0. The van der Waals surface area contributed by atoms with Gasteiger partial charge in [-0.1, -0.05) is 17.7 Å². The van der Waals surface area contributed by atoms with E-state index in [1.54, 1.807) is 18.2 Å². The fourth-order valence-electron chi connectivity index (χ4n) is 2.19. The van der Waals surface area contributed by atoms with Crippen LogP contribution in [0.3, 0.4) is 0 Å². The first kappa shape index (κ1) is 14.2. The molecule has 0 aliphatic carbocycles. The number of halogens is 5. The molecular formula is C14H7Cl2F3N2. The Bertz CT molecular complexity index is 846. The third-order valence-electron chi connectivity index (χ3n) is 3.03. The summed E-state index contributed by atoms with van der Waals surface area (Å²) in [5.74, 6) is -3.22. The summed E-state index contributed by atoms with van der Waals surface area (Å²) >= 11 is 11.9. The summed E-state index contributed by atoms with van der Waals surface area (Å²) in [5, 5.41) is 0.278. The quantitative estimate of drug-likeness (QED) is 0.486. The lowest BCUT2D eigenvalue weighted by atomic mass is 10.2. The van der Waals surface area contributed by atoms with E-state index in [0.717, 1.165) is 6.07 Å². The lowest BCUT2D eigenvalue weighted by Gasteiger charge is -2.10. The summed E-state index contributed by atoms with van der Waals surface area (Å²) < 4.78 is 42.2. The number of fused-ring (bicyclic) bond motifs is 1. The normalized spacial score (nSPS) is 11.3. The molecule has 7 heteroatoms. The number of imidazole rings is 1. The maximum Gasteiger partial charge on any atom is 0.183 e. The predicted octanol–water partition coefficient (Wildman–Crippen LogP) is 4.84. The Balaban J connectivity index is 2.45. The topological polar surface area (TPSA) is 17.8 Å². The minimum Gasteiger partial charge on any atom is -0.291 e. The first-order valence-electron chi connectivity index (χ1n) is 5.89. The lowest BCUT2D eigenvalue weighted by Crippen LogP contribution is -2.05. The van der Waals surface area contributed by atoms with E-state index in [2.05, 4.69) is 4.98 Å². The third kappa shape index (κ3) is 2.26. The molecule has 0 amide bonds. The van der Waals surface area contributed by atoms with E-state index >= 15 is 0 Å². The molecule has 0 saturated heterocycles. The van der Waals surface area contributed by atoms with Crippen molar-refractivity contribution in [3.63, 3.8) is 0 Å². The summed E-state index contributed by atoms with van der Waals surface area (Å²) in [6.45, 7) is 0. The van der Waals surface area contributed by atoms with E-state index in [9.17, 15) is 13.2 Å². The van der Waals surface area contributed by atoms with Gasteiger partial charge in [-0.2, -0.15) is 0 Å². The van der Waals surface area contributed by atoms with Gasteiger partial charge in [-0.3, -0.25) is 4.57 Å². The number of hydrogen-bond acceptors (Lipinski definition) is 1. The first-order chi connectivity index (χ1) is 10.0. The maximum absolute atomic E-state index is 14.0. The van der Waals surface area contributed by atoms with Crippen LogP contribution in [0.1, 0.15) is 5.82 Å². The van der Waals surface area contributed by atoms with Crippen molar-refractivity contribution in [2.24, 2.45) is 0 Å². The summed E-state index contributed by atoms with van der Waals surface area (Å²) in [6, 6.07) is 6.25. The monoisotopic (exact) mass is 330 g/mol. The van der Waals surface area contributed by atoms with Gasteiger partial charge in [0.05, 0.1) is 27.6 Å². The number of rotatable bonds is 2. The molecule has 0 aliphatic rings. The predicted molar refractivity (Wildman–Crippen MR) is 75.5 cm³/mol. The Hall–Kier alpha value is -1.72. The fourth-order valence-corrected chi connectivity index (χ4v) is 2.62. The van der Waals surface area contributed by atoms with Gasteiger partial charge >= 0.3 is 0 Å². The van der Waals surface area contributed by atoms with E-state index in [0.29, 0.717) is 17.1 Å². The van der Waals surface area contributed by atoms with E-state index < -0.39 is 17.5 Å². The average Bonchev–Trinajstić information content (AvgIpc) is 2.82. The molecule has 0 fully saturated rings. The van der Waals surface area contributed by atoms with Crippen molar-refractivity contribution >= 4 is 34.2 Å². The third-order valence-corrected chi connectivity index (χ3v) is 3.57. The molecule has 0 saturated carbocycles. The zero-order valence-electron chi connectivity index (χ0n) is 10.4. The zero-order valence-corrected chi connectivity index (χ0v) is 11.9. The van der Waals surface area contributed by atoms with Crippen LogP contribution in [-0.4, -0.2) is 9.55 Å². The standard InChI is InChI=1S/C14H7Cl2F3N2/c15-6-12-20-10-3-1-2-8(16)14(10)21(12)11-5-7(17)4-9(18)13(11)19/h1-5H,6H2. The van der Waals surface area contributed by atoms with Crippen LogP contribution in [0.4, 0.5) is 13.2 Å². The Kier molecular flexibility index (Phi) is 3.55. The van der Waals surface area contributed by atoms with Crippen LogP contribution in [0.25, 0.3) is 16.7 Å². The highest BCUT2D eigenvalue weighted by Crippen LogP contribution is 2.30. The van der Waals surface area contributed by atoms with Crippen molar-refractivity contribution in [3.8, 4) is 5.69 Å². The lowest BCUT2D eigenvalue weighted by molar-refractivity contribution is 0.490. The number of para-hydroxylation sites is 1. The molecule has 2 nitrogen and oxygen atoms in total. The molecule has 2 aromatic carbocycles. The smallest absolute Gasteiger partial charge is 0.183 e. The number of benzene rings is 2. The molecule has 108 valence electrons. The second-order valence-electron chi connectivity index (χ2n) is 4.33. The molecule has 1 aromatic heterocycles. The van der Waals surface area contributed by atoms with Crippen molar-refractivity contribution in [2.75, 3.05) is 0 Å². The first-order valence-corrected chi connectivity index (χ1v) is 6.81. The molecule has 3 aromatic rings. The van der Waals surface area contributed by atoms with Gasteiger partial charge in [0.15, 0.2) is 11.6 Å². The van der Waals surface area contributed by atoms with Crippen LogP contribution >= 0.6 is 23.2 Å². The molecule has 0 spiro atoms. The van der Waals surface area contributed by atoms with Gasteiger partial charge in [0.2, 0.25) is 0 Å². The Morgan fingerprint density at radius 1 is 1.14 bits per heavy atom. The van der Waals surface area contributed by atoms with Crippen LogP contribution < -0.4 is 0 Å². The van der Waals surface area contributed by atoms with Gasteiger partial charge < -0.3 is 0 Å². The van der Waals surface area contributed by atoms with Crippen molar-refractivity contribution in [2.45, 2.75) is 5.88 Å². The molecule has 0 radical (unpaired) electrons. The van der Waals surface area contributed by atoms with Crippen molar-refractivity contribution in [1.29, 1.82) is 0 Å². The van der Waals surface area contributed by atoms with Crippen LogP contribution in [0.2, 0.25) is 5.02 Å². The molecule has 0 N–H and O–H groups in total. The Morgan fingerprint density at radius 2 is 1.90 bits per heavy atom. The van der Waals surface area contributed by atoms with Gasteiger partial charge in [0.1, 0.15) is 11.6 Å². The summed E-state index contributed by atoms with van der Waals surface area (Å²) in [7, 11) is 0. The molecule has 0 atom stereocenters. The van der Waals surface area contributed by atoms with Gasteiger partial charge in [0.25, 0.3) is 0 Å². The number of hydrogen-bond donors (Lipinski definition) is 0. The molecule has 21 heavy (non-hydrogen) atoms. The van der Waals surface area contributed by atoms with Gasteiger partial charge in [-0.25, -0.2) is 18.2 Å². The summed E-state index contributed by atoms with van der Waals surface area (Å²) in [5.41, 5.74) is 0.486. The van der Waals surface area contributed by atoms with E-state index in [1.165, 1.54) is 4.57 Å². The van der Waals surface area contributed by atoms with Gasteiger partial charge in [-0.05, 0) is 12.1 Å². The summed E-state index contributed by atoms with van der Waals surface area (Å²) in [6.07, 6.45) is 0. The number of alkyl halides is 1. The highest BCUT2D eigenvalue weighted by molar-refractivity contribution is 6.35. The molecule has 3 rings (SSSR count). The Morgan fingerprint density at radius 3 is 2.62 bits per heavy atom. The van der Waals surface area contributed by atoms with Crippen molar-refractivity contribution in [3.05, 3.63) is 58.6 Å². The van der Waals surface area contributed by atoms with E-state index in [1.807, 2.05) is 0 Å². The van der Waals surface area contributed by atoms with Gasteiger partial charge in [0, 0.05) is 12.1 Å². The van der Waals surface area contributed by atoms with Crippen LogP contribution in [0, 0.1) is 17.5 Å². The molecule has 1 heterocycles. The van der Waals surface area contributed by atoms with Gasteiger partial charge in [-0.15, -0.1) is 11.6 Å². The molecular weight excluding hydrogens is 324 g/mol. The zero-order chi connectivity index (χ0) is 15.1. The number of nitrogens with zero attached hydrogens (tertiary/aromatic N) is 2. The summed E-state index contributed by atoms with van der Waals surface area (Å²) in [4.78, 5) is 4.20. The van der Waals surface area contributed by atoms with Crippen molar-refractivity contribution < 1.29 is 13.2 Å². The van der Waals surface area contributed by atoms with Crippen molar-refractivity contribution in [1.82, 2.24) is 9.55 Å². The van der Waals surface area contributed by atoms with E-state index in [4.69, 9.17) is 23.2 Å². The second-order valence-corrected chi connectivity index (χ2v) is 5.00. The molecule has 0 unspecified atom stereocenters. The van der Waals surface area contributed by atoms with E-state index in [-0.39, 0.29) is 22.4 Å². The van der Waals surface area contributed by atoms with Crippen LogP contribution in [0.15, 0.2) is 30.3 Å². The van der Waals surface area contributed by atoms with Crippen LogP contribution in [0.5, 0.6) is 0 Å². The second kappa shape index (κ2) is 5.24. The highest BCUT2D eigenvalue weighted by atomic mass is 35.5. The largest absolute Gasteiger partial charge is 0.291 e. The fraction of sp³-hybridized carbons (Fsp3) is 0.0714. The Labute approximate surface area is 127 Å². The van der Waals surface area contributed by atoms with Crippen LogP contribution in [-0.2, 0) is 5.88 Å². The molecule has 0 bridgehead atoms. The minimum atomic E-state index is -1.29. The average molecular weight is 331 g/mol. The minimum absolute atomic E-state index is 0.0669. The SMILES string of the molecule is Fc1cc(F)c(F)c(-n2c(CCl)nc3cccc(Cl)c32)c1.